The van der Waals surface area contributed by atoms with Crippen LogP contribution in [-0.4, -0.2) is 31.1 Å². The van der Waals surface area contributed by atoms with E-state index in [4.69, 9.17) is 9.31 Å². The van der Waals surface area contributed by atoms with Crippen LogP contribution < -0.4 is 0 Å². The molecule has 1 aromatic rings. The van der Waals surface area contributed by atoms with E-state index in [1.807, 2.05) is 26.1 Å². The summed E-state index contributed by atoms with van der Waals surface area (Å²) in [6.45, 7) is 3.99. The zero-order valence-corrected chi connectivity index (χ0v) is 8.60. The zero-order valence-electron chi connectivity index (χ0n) is 8.60. The van der Waals surface area contributed by atoms with Crippen molar-refractivity contribution in [3.05, 3.63) is 23.5 Å². The SMILES string of the molecule is Cc1cnc(C)c(N=C2OB2C2[B]O2)c1. The number of aromatic nitrogens is 1. The molecule has 6 heteroatoms. The number of pyridine rings is 1. The summed E-state index contributed by atoms with van der Waals surface area (Å²) in [5.41, 5.74) is 2.91. The van der Waals surface area contributed by atoms with E-state index in [0.717, 1.165) is 22.7 Å². The van der Waals surface area contributed by atoms with Gasteiger partial charge >= 0.3 is 14.4 Å². The molecule has 2 aliphatic heterocycles. The number of aliphatic imine (C=N–C) groups is 1. The average Bonchev–Trinajstić information content (AvgIpc) is 3.02. The maximum atomic E-state index is 5.31. The molecule has 0 aromatic carbocycles. The molecule has 1 atom stereocenters. The van der Waals surface area contributed by atoms with E-state index in [2.05, 4.69) is 9.98 Å². The third-order valence-corrected chi connectivity index (χ3v) is 2.45. The molecule has 73 valence electrons. The molecule has 0 bridgehead atoms. The lowest BCUT2D eigenvalue weighted by atomic mass is 9.65. The molecular formula is C9H9B2N2O2. The van der Waals surface area contributed by atoms with Gasteiger partial charge in [0.2, 0.25) is 0 Å². The van der Waals surface area contributed by atoms with Crippen LogP contribution in [0.4, 0.5) is 5.69 Å². The first-order valence-electron chi connectivity index (χ1n) is 4.91. The van der Waals surface area contributed by atoms with Crippen molar-refractivity contribution in [2.75, 3.05) is 0 Å². The second-order valence-electron chi connectivity index (χ2n) is 3.84. The van der Waals surface area contributed by atoms with Gasteiger partial charge in [-0.05, 0) is 25.5 Å². The molecule has 4 nitrogen and oxygen atoms in total. The largest absolute Gasteiger partial charge is 0.544 e. The molecule has 0 amide bonds. The van der Waals surface area contributed by atoms with E-state index < -0.39 is 0 Å². The fourth-order valence-electron chi connectivity index (χ4n) is 1.44. The maximum absolute atomic E-state index is 5.31. The summed E-state index contributed by atoms with van der Waals surface area (Å²) in [5, 5.41) is 0. The lowest BCUT2D eigenvalue weighted by Gasteiger charge is -1.98. The van der Waals surface area contributed by atoms with Gasteiger partial charge in [-0.1, -0.05) is 0 Å². The van der Waals surface area contributed by atoms with E-state index in [9.17, 15) is 0 Å². The Hall–Kier alpha value is -1.29. The van der Waals surface area contributed by atoms with Crippen LogP contribution in [0, 0.1) is 13.8 Å². The van der Waals surface area contributed by atoms with E-state index in [1.54, 1.807) is 7.48 Å². The van der Waals surface area contributed by atoms with Crippen LogP contribution in [-0.2, 0) is 9.31 Å². The first-order valence-corrected chi connectivity index (χ1v) is 4.91. The van der Waals surface area contributed by atoms with Crippen LogP contribution in [0.15, 0.2) is 17.3 Å². The molecule has 2 aliphatic rings. The Kier molecular flexibility index (Phi) is 1.85. The van der Waals surface area contributed by atoms with Crippen molar-refractivity contribution in [2.45, 2.75) is 19.8 Å². The molecule has 0 aliphatic carbocycles. The van der Waals surface area contributed by atoms with Crippen LogP contribution in [0.1, 0.15) is 11.3 Å². The van der Waals surface area contributed by atoms with Gasteiger partial charge < -0.3 is 9.31 Å². The van der Waals surface area contributed by atoms with Gasteiger partial charge in [-0.3, -0.25) is 4.98 Å². The molecule has 0 spiro atoms. The zero-order chi connectivity index (χ0) is 10.4. The first-order chi connectivity index (χ1) is 7.24. The van der Waals surface area contributed by atoms with Gasteiger partial charge in [0.05, 0.1) is 17.3 Å². The minimum atomic E-state index is 0.0462. The lowest BCUT2D eigenvalue weighted by molar-refractivity contribution is 0.513. The van der Waals surface area contributed by atoms with Crippen LogP contribution in [0.2, 0.25) is 0 Å². The standard InChI is InChI=1S/C9H9B2N2O2/c1-5-3-7(6(2)12-4-5)13-9-11(15-9)8-10-14-8/h3-4,8H,1-2H3. The highest BCUT2D eigenvalue weighted by Crippen LogP contribution is 2.27. The predicted molar refractivity (Wildman–Crippen MR) is 58.3 cm³/mol. The third kappa shape index (κ3) is 1.77. The Morgan fingerprint density at radius 2 is 2.33 bits per heavy atom. The summed E-state index contributed by atoms with van der Waals surface area (Å²) in [6.07, 6.45) is 1.84. The van der Waals surface area contributed by atoms with Crippen LogP contribution in [0.5, 0.6) is 0 Å². The Bertz CT molecular complexity index is 446. The highest BCUT2D eigenvalue weighted by atomic mass is 16.6. The fraction of sp³-hybridized carbons (Fsp3) is 0.333. The number of hydrogen-bond acceptors (Lipinski definition) is 4. The molecule has 2 saturated heterocycles. The van der Waals surface area contributed by atoms with Crippen molar-refractivity contribution >= 4 is 25.9 Å². The van der Waals surface area contributed by atoms with Crippen LogP contribution >= 0.6 is 0 Å². The average molecular weight is 199 g/mol. The summed E-state index contributed by atoms with van der Waals surface area (Å²) in [6, 6.07) is 2.01. The maximum Gasteiger partial charge on any atom is 0.474 e. The molecule has 0 saturated carbocycles. The molecule has 2 fully saturated rings. The highest BCUT2D eigenvalue weighted by Gasteiger charge is 2.56. The van der Waals surface area contributed by atoms with Crippen molar-refractivity contribution in [2.24, 2.45) is 4.99 Å². The van der Waals surface area contributed by atoms with E-state index in [-0.39, 0.29) is 12.8 Å². The third-order valence-electron chi connectivity index (χ3n) is 2.45. The van der Waals surface area contributed by atoms with Gasteiger partial charge in [0.25, 0.3) is 0 Å². The smallest absolute Gasteiger partial charge is 0.474 e. The number of aryl methyl sites for hydroxylation is 2. The van der Waals surface area contributed by atoms with Gasteiger partial charge in [-0.25, -0.2) is 4.99 Å². The van der Waals surface area contributed by atoms with Gasteiger partial charge in [-0.15, -0.1) is 0 Å². The lowest BCUT2D eigenvalue weighted by Crippen LogP contribution is -2.04. The summed E-state index contributed by atoms with van der Waals surface area (Å²) >= 11 is 0. The summed E-state index contributed by atoms with van der Waals surface area (Å²) in [5.74, 6) is 0.881. The highest BCUT2D eigenvalue weighted by molar-refractivity contribution is 7.04. The monoisotopic (exact) mass is 199 g/mol. The second kappa shape index (κ2) is 3.10. The minimum absolute atomic E-state index is 0.0462. The van der Waals surface area contributed by atoms with Crippen molar-refractivity contribution in [1.29, 1.82) is 0 Å². The van der Waals surface area contributed by atoms with Gasteiger partial charge in [0.15, 0.2) is 5.80 Å². The fourth-order valence-corrected chi connectivity index (χ4v) is 1.44. The summed E-state index contributed by atoms with van der Waals surface area (Å²) < 4.78 is 10.3. The first kappa shape index (κ1) is 8.97. The summed E-state index contributed by atoms with van der Waals surface area (Å²) in [4.78, 5) is 8.65. The number of nitrogens with zero attached hydrogens (tertiary/aromatic N) is 2. The number of hydrogen-bond donors (Lipinski definition) is 0. The normalized spacial score (nSPS) is 24.8. The topological polar surface area (TPSA) is 50.3 Å². The van der Waals surface area contributed by atoms with Crippen molar-refractivity contribution in [1.82, 2.24) is 4.98 Å². The van der Waals surface area contributed by atoms with Crippen molar-refractivity contribution in [3.63, 3.8) is 0 Å². The predicted octanol–water partition coefficient (Wildman–Crippen LogP) is 0.804. The molecule has 3 rings (SSSR count). The quantitative estimate of drug-likeness (QED) is 0.522. The van der Waals surface area contributed by atoms with E-state index >= 15 is 0 Å². The Labute approximate surface area is 89.1 Å². The van der Waals surface area contributed by atoms with E-state index in [1.165, 1.54) is 0 Å². The molecule has 1 aromatic heterocycles. The minimum Gasteiger partial charge on any atom is -0.544 e. The number of rotatable bonds is 2. The van der Waals surface area contributed by atoms with Crippen LogP contribution in [0.25, 0.3) is 0 Å². The second-order valence-corrected chi connectivity index (χ2v) is 3.84. The molecule has 1 unspecified atom stereocenters. The van der Waals surface area contributed by atoms with E-state index in [0.29, 0.717) is 0 Å². The van der Waals surface area contributed by atoms with Gasteiger partial charge in [0, 0.05) is 6.20 Å². The van der Waals surface area contributed by atoms with Gasteiger partial charge in [-0.2, -0.15) is 0 Å². The molecule has 1 radical (unpaired) electrons. The Morgan fingerprint density at radius 3 is 3.07 bits per heavy atom. The Balaban J connectivity index is 1.84. The Morgan fingerprint density at radius 1 is 1.53 bits per heavy atom. The molecule has 15 heavy (non-hydrogen) atoms. The van der Waals surface area contributed by atoms with Crippen LogP contribution in [0.3, 0.4) is 0 Å². The molecular weight excluding hydrogens is 190 g/mol. The molecule has 0 N–H and O–H groups in total. The molecule has 3 heterocycles. The van der Waals surface area contributed by atoms with Crippen molar-refractivity contribution < 1.29 is 9.31 Å². The van der Waals surface area contributed by atoms with Gasteiger partial charge in [0.1, 0.15) is 0 Å². The van der Waals surface area contributed by atoms with Crippen molar-refractivity contribution in [3.8, 4) is 0 Å². The summed E-state index contributed by atoms with van der Waals surface area (Å²) in [7, 11) is 1.76.